The molecule has 0 bridgehead atoms. The first-order valence-electron chi connectivity index (χ1n) is 4.36. The number of esters is 1. The van der Waals surface area contributed by atoms with E-state index < -0.39 is 23.6 Å². The SMILES string of the molecule is COC(=O)c1cc(C#N)cc(Br)c1OC(F)(F)F. The van der Waals surface area contributed by atoms with Crippen LogP contribution in [0, 0.1) is 11.3 Å². The first kappa shape index (κ1) is 14.3. The number of hydrogen-bond acceptors (Lipinski definition) is 4. The Bertz CT molecular complexity index is 522. The van der Waals surface area contributed by atoms with E-state index in [1.165, 1.54) is 0 Å². The van der Waals surface area contributed by atoms with Gasteiger partial charge in [-0.3, -0.25) is 0 Å². The molecule has 0 aromatic heterocycles. The number of benzene rings is 1. The van der Waals surface area contributed by atoms with Gasteiger partial charge >= 0.3 is 12.3 Å². The smallest absolute Gasteiger partial charge is 0.465 e. The second kappa shape index (κ2) is 5.27. The third kappa shape index (κ3) is 3.37. The Hall–Kier alpha value is -1.75. The third-order valence-corrected chi connectivity index (χ3v) is 2.38. The molecule has 0 fully saturated rings. The summed E-state index contributed by atoms with van der Waals surface area (Å²) in [5.41, 5.74) is -0.488. The maximum atomic E-state index is 12.2. The van der Waals surface area contributed by atoms with Gasteiger partial charge in [0, 0.05) is 0 Å². The van der Waals surface area contributed by atoms with Gasteiger partial charge < -0.3 is 9.47 Å². The molecular formula is C10H5BrF3NO3. The van der Waals surface area contributed by atoms with Crippen molar-refractivity contribution in [1.82, 2.24) is 0 Å². The zero-order chi connectivity index (χ0) is 13.9. The molecule has 1 aromatic rings. The van der Waals surface area contributed by atoms with Crippen molar-refractivity contribution in [3.63, 3.8) is 0 Å². The average Bonchev–Trinajstić information content (AvgIpc) is 2.28. The lowest BCUT2D eigenvalue weighted by Crippen LogP contribution is -2.20. The molecule has 96 valence electrons. The molecular weight excluding hydrogens is 319 g/mol. The minimum Gasteiger partial charge on any atom is -0.465 e. The molecule has 4 nitrogen and oxygen atoms in total. The van der Waals surface area contributed by atoms with Crippen LogP contribution >= 0.6 is 15.9 Å². The Labute approximate surface area is 108 Å². The van der Waals surface area contributed by atoms with Crippen molar-refractivity contribution < 1.29 is 27.4 Å². The second-order valence-electron chi connectivity index (χ2n) is 2.99. The van der Waals surface area contributed by atoms with E-state index in [0.717, 1.165) is 19.2 Å². The summed E-state index contributed by atoms with van der Waals surface area (Å²) in [5.74, 6) is -1.78. The minimum absolute atomic E-state index is 0.00296. The number of halogens is 4. The molecule has 0 unspecified atom stereocenters. The number of rotatable bonds is 2. The molecule has 0 spiro atoms. The van der Waals surface area contributed by atoms with Crippen LogP contribution in [0.1, 0.15) is 15.9 Å². The van der Waals surface area contributed by atoms with Crippen LogP contribution in [-0.2, 0) is 4.74 Å². The summed E-state index contributed by atoms with van der Waals surface area (Å²) >= 11 is 2.81. The summed E-state index contributed by atoms with van der Waals surface area (Å²) in [4.78, 5) is 11.3. The molecule has 0 atom stereocenters. The molecule has 0 heterocycles. The molecule has 1 aromatic carbocycles. The average molecular weight is 324 g/mol. The van der Waals surface area contributed by atoms with Crippen LogP contribution in [0.2, 0.25) is 0 Å². The summed E-state index contributed by atoms with van der Waals surface area (Å²) in [7, 11) is 1.01. The van der Waals surface area contributed by atoms with Crippen LogP contribution in [-0.4, -0.2) is 19.4 Å². The van der Waals surface area contributed by atoms with Gasteiger partial charge in [-0.05, 0) is 28.1 Å². The number of carbonyl (C=O) groups is 1. The number of nitrogens with zero attached hydrogens (tertiary/aromatic N) is 1. The molecule has 0 aliphatic heterocycles. The fourth-order valence-electron chi connectivity index (χ4n) is 1.14. The summed E-state index contributed by atoms with van der Waals surface area (Å²) < 4.78 is 44.5. The number of hydrogen-bond donors (Lipinski definition) is 0. The van der Waals surface area contributed by atoms with Crippen molar-refractivity contribution in [2.75, 3.05) is 7.11 Å². The second-order valence-corrected chi connectivity index (χ2v) is 3.84. The highest BCUT2D eigenvalue weighted by Crippen LogP contribution is 2.35. The maximum absolute atomic E-state index is 12.2. The first-order valence-corrected chi connectivity index (χ1v) is 5.15. The highest BCUT2D eigenvalue weighted by atomic mass is 79.9. The minimum atomic E-state index is -4.96. The van der Waals surface area contributed by atoms with E-state index >= 15 is 0 Å². The quantitative estimate of drug-likeness (QED) is 0.785. The Morgan fingerprint density at radius 2 is 2.06 bits per heavy atom. The van der Waals surface area contributed by atoms with Crippen LogP contribution in [0.3, 0.4) is 0 Å². The van der Waals surface area contributed by atoms with Crippen LogP contribution in [0.15, 0.2) is 16.6 Å². The number of ether oxygens (including phenoxy) is 2. The molecule has 0 aliphatic carbocycles. The molecule has 1 rings (SSSR count). The summed E-state index contributed by atoms with van der Waals surface area (Å²) in [6.07, 6.45) is -4.96. The Balaban J connectivity index is 3.39. The number of carbonyl (C=O) groups excluding carboxylic acids is 1. The predicted molar refractivity (Wildman–Crippen MR) is 56.9 cm³/mol. The first-order chi connectivity index (χ1) is 8.28. The van der Waals surface area contributed by atoms with Gasteiger partial charge in [0.2, 0.25) is 0 Å². The van der Waals surface area contributed by atoms with E-state index in [-0.39, 0.29) is 10.0 Å². The van der Waals surface area contributed by atoms with Crippen molar-refractivity contribution in [3.05, 3.63) is 27.7 Å². The third-order valence-electron chi connectivity index (χ3n) is 1.80. The molecule has 0 aliphatic rings. The Kier molecular flexibility index (Phi) is 4.19. The van der Waals surface area contributed by atoms with E-state index in [1.807, 2.05) is 0 Å². The van der Waals surface area contributed by atoms with Gasteiger partial charge in [-0.1, -0.05) is 0 Å². The Morgan fingerprint density at radius 1 is 1.44 bits per heavy atom. The van der Waals surface area contributed by atoms with Crippen molar-refractivity contribution in [2.45, 2.75) is 6.36 Å². The zero-order valence-corrected chi connectivity index (χ0v) is 10.4. The number of methoxy groups -OCH3 is 1. The fourth-order valence-corrected chi connectivity index (χ4v) is 1.68. The molecule has 0 saturated heterocycles. The maximum Gasteiger partial charge on any atom is 0.573 e. The highest BCUT2D eigenvalue weighted by Gasteiger charge is 2.34. The van der Waals surface area contributed by atoms with Crippen LogP contribution < -0.4 is 4.74 Å². The van der Waals surface area contributed by atoms with Crippen LogP contribution in [0.4, 0.5) is 13.2 Å². The van der Waals surface area contributed by atoms with E-state index in [4.69, 9.17) is 5.26 Å². The zero-order valence-electron chi connectivity index (χ0n) is 8.84. The van der Waals surface area contributed by atoms with Gasteiger partial charge in [-0.15, -0.1) is 13.2 Å². The molecule has 18 heavy (non-hydrogen) atoms. The summed E-state index contributed by atoms with van der Waals surface area (Å²) in [5, 5.41) is 8.68. The Morgan fingerprint density at radius 3 is 2.50 bits per heavy atom. The van der Waals surface area contributed by atoms with E-state index in [2.05, 4.69) is 25.4 Å². The lowest BCUT2D eigenvalue weighted by Gasteiger charge is -2.14. The van der Waals surface area contributed by atoms with Gasteiger partial charge in [0.05, 0.1) is 23.2 Å². The van der Waals surface area contributed by atoms with Gasteiger partial charge in [0.15, 0.2) is 5.75 Å². The molecule has 0 N–H and O–H groups in total. The van der Waals surface area contributed by atoms with Crippen LogP contribution in [0.25, 0.3) is 0 Å². The fraction of sp³-hybridized carbons (Fsp3) is 0.200. The van der Waals surface area contributed by atoms with Crippen molar-refractivity contribution >= 4 is 21.9 Å². The monoisotopic (exact) mass is 323 g/mol. The standard InChI is InChI=1S/C10H5BrF3NO3/c1-17-9(16)6-2-5(4-15)3-7(11)8(6)18-10(12,13)14/h2-3H,1H3. The lowest BCUT2D eigenvalue weighted by molar-refractivity contribution is -0.275. The van der Waals surface area contributed by atoms with Gasteiger partial charge in [-0.2, -0.15) is 5.26 Å². The summed E-state index contributed by atoms with van der Waals surface area (Å²) in [6.45, 7) is 0. The van der Waals surface area contributed by atoms with E-state index in [0.29, 0.717) is 0 Å². The van der Waals surface area contributed by atoms with Crippen molar-refractivity contribution in [1.29, 1.82) is 5.26 Å². The van der Waals surface area contributed by atoms with E-state index in [9.17, 15) is 18.0 Å². The van der Waals surface area contributed by atoms with Crippen molar-refractivity contribution in [2.24, 2.45) is 0 Å². The van der Waals surface area contributed by atoms with Gasteiger partial charge in [0.25, 0.3) is 0 Å². The topological polar surface area (TPSA) is 59.3 Å². The number of nitriles is 1. The molecule has 0 saturated carbocycles. The van der Waals surface area contributed by atoms with E-state index in [1.54, 1.807) is 6.07 Å². The van der Waals surface area contributed by atoms with Crippen LogP contribution in [0.5, 0.6) is 5.75 Å². The normalized spacial score (nSPS) is 10.7. The largest absolute Gasteiger partial charge is 0.573 e. The number of alkyl halides is 3. The van der Waals surface area contributed by atoms with Gasteiger partial charge in [-0.25, -0.2) is 4.79 Å². The molecule has 8 heteroatoms. The molecule has 0 amide bonds. The van der Waals surface area contributed by atoms with Gasteiger partial charge in [0.1, 0.15) is 5.56 Å². The molecule has 0 radical (unpaired) electrons. The van der Waals surface area contributed by atoms with Crippen molar-refractivity contribution in [3.8, 4) is 11.8 Å². The summed E-state index contributed by atoms with van der Waals surface area (Å²) in [6, 6.07) is 3.76. The lowest BCUT2D eigenvalue weighted by atomic mass is 10.1. The predicted octanol–water partition coefficient (Wildman–Crippen LogP) is 3.01. The highest BCUT2D eigenvalue weighted by molar-refractivity contribution is 9.10.